The molecule has 0 aromatic rings. The van der Waals surface area contributed by atoms with E-state index < -0.39 is 11.5 Å². The van der Waals surface area contributed by atoms with Crippen LogP contribution in [0.2, 0.25) is 0 Å². The van der Waals surface area contributed by atoms with Crippen LogP contribution < -0.4 is 0 Å². The molecule has 1 N–H and O–H groups in total. The third kappa shape index (κ3) is 5.53. The summed E-state index contributed by atoms with van der Waals surface area (Å²) in [5.74, 6) is -0.721. The van der Waals surface area contributed by atoms with E-state index >= 15 is 0 Å². The van der Waals surface area contributed by atoms with Gasteiger partial charge < -0.3 is 9.84 Å². The quantitative estimate of drug-likeness (QED) is 0.500. The third-order valence-electron chi connectivity index (χ3n) is 3.52. The van der Waals surface area contributed by atoms with E-state index in [1.54, 1.807) is 13.8 Å². The summed E-state index contributed by atoms with van der Waals surface area (Å²) in [7, 11) is 0. The predicted octanol–water partition coefficient (Wildman–Crippen LogP) is 3.30. The number of carbonyl (C=O) groups is 1. The lowest BCUT2D eigenvalue weighted by Crippen LogP contribution is -2.41. The minimum absolute atomic E-state index is 0.285. The second-order valence-corrected chi connectivity index (χ2v) is 4.74. The number of carbonyl (C=O) groups excluding carboxylic acids is 1. The molecule has 0 radical (unpaired) electrons. The average Bonchev–Trinajstić information content (AvgIpc) is 2.33. The van der Waals surface area contributed by atoms with Crippen molar-refractivity contribution >= 4 is 5.97 Å². The Hall–Kier alpha value is -0.570. The molecule has 3 heteroatoms. The van der Waals surface area contributed by atoms with Crippen LogP contribution in [0.4, 0.5) is 0 Å². The lowest BCUT2D eigenvalue weighted by Gasteiger charge is -2.31. The van der Waals surface area contributed by atoms with E-state index in [2.05, 4.69) is 6.92 Å². The minimum Gasteiger partial charge on any atom is -0.466 e. The predicted molar refractivity (Wildman–Crippen MR) is 69.8 cm³/mol. The van der Waals surface area contributed by atoms with Crippen molar-refractivity contribution in [1.29, 1.82) is 0 Å². The van der Waals surface area contributed by atoms with E-state index in [1.807, 2.05) is 6.92 Å². The number of rotatable bonds is 9. The summed E-state index contributed by atoms with van der Waals surface area (Å²) in [6, 6.07) is 0. The van der Waals surface area contributed by atoms with Gasteiger partial charge in [-0.1, -0.05) is 39.5 Å². The molecule has 2 unspecified atom stereocenters. The summed E-state index contributed by atoms with van der Waals surface area (Å²) >= 11 is 0. The lowest BCUT2D eigenvalue weighted by atomic mass is 9.82. The van der Waals surface area contributed by atoms with Crippen molar-refractivity contribution in [3.63, 3.8) is 0 Å². The molecule has 0 heterocycles. The molecule has 17 heavy (non-hydrogen) atoms. The SMILES string of the molecule is CCCCCCC(O)(CC)C(C)C(=O)OCC. The van der Waals surface area contributed by atoms with Crippen molar-refractivity contribution in [1.82, 2.24) is 0 Å². The van der Waals surface area contributed by atoms with Gasteiger partial charge in [0.2, 0.25) is 0 Å². The molecule has 2 atom stereocenters. The van der Waals surface area contributed by atoms with Gasteiger partial charge in [0.15, 0.2) is 0 Å². The Morgan fingerprint density at radius 1 is 1.24 bits per heavy atom. The zero-order valence-electron chi connectivity index (χ0n) is 11.8. The van der Waals surface area contributed by atoms with Gasteiger partial charge >= 0.3 is 5.97 Å². The largest absolute Gasteiger partial charge is 0.466 e. The summed E-state index contributed by atoms with van der Waals surface area (Å²) in [6.45, 7) is 8.01. The minimum atomic E-state index is -0.903. The summed E-state index contributed by atoms with van der Waals surface area (Å²) in [4.78, 5) is 11.7. The number of ether oxygens (including phenoxy) is 1. The Labute approximate surface area is 106 Å². The molecule has 0 amide bonds. The van der Waals surface area contributed by atoms with Crippen molar-refractivity contribution < 1.29 is 14.6 Å². The Balaban J connectivity index is 4.28. The van der Waals surface area contributed by atoms with E-state index in [-0.39, 0.29) is 5.97 Å². The van der Waals surface area contributed by atoms with Crippen LogP contribution in [0.1, 0.15) is 66.2 Å². The molecular weight excluding hydrogens is 216 g/mol. The highest BCUT2D eigenvalue weighted by Crippen LogP contribution is 2.28. The van der Waals surface area contributed by atoms with Crippen molar-refractivity contribution in [2.75, 3.05) is 6.61 Å². The maximum atomic E-state index is 11.7. The summed E-state index contributed by atoms with van der Waals surface area (Å²) in [6.07, 6.45) is 5.74. The van der Waals surface area contributed by atoms with Gasteiger partial charge in [-0.25, -0.2) is 0 Å². The van der Waals surface area contributed by atoms with Gasteiger partial charge in [-0.05, 0) is 26.7 Å². The molecule has 0 aromatic carbocycles. The molecule has 0 rings (SSSR count). The van der Waals surface area contributed by atoms with Gasteiger partial charge in [-0.3, -0.25) is 4.79 Å². The smallest absolute Gasteiger partial charge is 0.311 e. The molecule has 0 saturated heterocycles. The molecule has 102 valence electrons. The summed E-state index contributed by atoms with van der Waals surface area (Å²) in [5.41, 5.74) is -0.903. The first-order chi connectivity index (χ1) is 8.01. The second kappa shape index (κ2) is 8.51. The van der Waals surface area contributed by atoms with Crippen molar-refractivity contribution in [2.24, 2.45) is 5.92 Å². The number of esters is 1. The van der Waals surface area contributed by atoms with Gasteiger partial charge in [0, 0.05) is 0 Å². The van der Waals surface area contributed by atoms with Crippen LogP contribution in [0, 0.1) is 5.92 Å². The van der Waals surface area contributed by atoms with Gasteiger partial charge in [0.1, 0.15) is 0 Å². The molecule has 0 fully saturated rings. The Morgan fingerprint density at radius 3 is 2.35 bits per heavy atom. The first kappa shape index (κ1) is 16.4. The molecule has 0 aliphatic rings. The number of hydrogen-bond donors (Lipinski definition) is 1. The molecule has 0 bridgehead atoms. The third-order valence-corrected chi connectivity index (χ3v) is 3.52. The van der Waals surface area contributed by atoms with Crippen molar-refractivity contribution in [2.45, 2.75) is 71.8 Å². The molecule has 0 saturated carbocycles. The topological polar surface area (TPSA) is 46.5 Å². The highest BCUT2D eigenvalue weighted by Gasteiger charge is 2.36. The Bertz CT molecular complexity index is 216. The maximum absolute atomic E-state index is 11.7. The van der Waals surface area contributed by atoms with Crippen LogP contribution in [0.25, 0.3) is 0 Å². The first-order valence-electron chi connectivity index (χ1n) is 6.90. The molecular formula is C14H28O3. The standard InChI is InChI=1S/C14H28O3/c1-5-8-9-10-11-14(16,6-2)12(4)13(15)17-7-3/h12,16H,5-11H2,1-4H3. The van der Waals surface area contributed by atoms with Gasteiger partial charge in [0.25, 0.3) is 0 Å². The average molecular weight is 244 g/mol. The van der Waals surface area contributed by atoms with Gasteiger partial charge in [-0.15, -0.1) is 0 Å². The van der Waals surface area contributed by atoms with Crippen molar-refractivity contribution in [3.05, 3.63) is 0 Å². The highest BCUT2D eigenvalue weighted by atomic mass is 16.5. The van der Waals surface area contributed by atoms with Crippen LogP contribution in [-0.4, -0.2) is 23.3 Å². The van der Waals surface area contributed by atoms with Crippen LogP contribution >= 0.6 is 0 Å². The maximum Gasteiger partial charge on any atom is 0.311 e. The van der Waals surface area contributed by atoms with Gasteiger partial charge in [0.05, 0.1) is 18.1 Å². The lowest BCUT2D eigenvalue weighted by molar-refractivity contribution is -0.158. The molecule has 3 nitrogen and oxygen atoms in total. The van der Waals surface area contributed by atoms with Gasteiger partial charge in [-0.2, -0.15) is 0 Å². The fraction of sp³-hybridized carbons (Fsp3) is 0.929. The van der Waals surface area contributed by atoms with E-state index in [1.165, 1.54) is 12.8 Å². The summed E-state index contributed by atoms with van der Waals surface area (Å²) in [5, 5.41) is 10.5. The van der Waals surface area contributed by atoms with Crippen LogP contribution in [-0.2, 0) is 9.53 Å². The van der Waals surface area contributed by atoms with E-state index in [0.717, 1.165) is 12.8 Å². The number of unbranched alkanes of at least 4 members (excludes halogenated alkanes) is 3. The Kier molecular flexibility index (Phi) is 8.23. The monoisotopic (exact) mass is 244 g/mol. The fourth-order valence-corrected chi connectivity index (χ4v) is 2.04. The van der Waals surface area contributed by atoms with Crippen LogP contribution in [0.15, 0.2) is 0 Å². The highest BCUT2D eigenvalue weighted by molar-refractivity contribution is 5.73. The van der Waals surface area contributed by atoms with Crippen molar-refractivity contribution in [3.8, 4) is 0 Å². The van der Waals surface area contributed by atoms with E-state index in [4.69, 9.17) is 4.74 Å². The fourth-order valence-electron chi connectivity index (χ4n) is 2.04. The van der Waals surface area contributed by atoms with E-state index in [9.17, 15) is 9.90 Å². The molecule has 0 aromatic heterocycles. The normalized spacial score (nSPS) is 16.3. The van der Waals surface area contributed by atoms with Crippen LogP contribution in [0.3, 0.4) is 0 Å². The molecule has 0 spiro atoms. The number of hydrogen-bond acceptors (Lipinski definition) is 3. The number of aliphatic hydroxyl groups is 1. The van der Waals surface area contributed by atoms with E-state index in [0.29, 0.717) is 19.4 Å². The summed E-state index contributed by atoms with van der Waals surface area (Å²) < 4.78 is 4.98. The Morgan fingerprint density at radius 2 is 1.88 bits per heavy atom. The first-order valence-corrected chi connectivity index (χ1v) is 6.90. The zero-order chi connectivity index (χ0) is 13.3. The second-order valence-electron chi connectivity index (χ2n) is 4.74. The molecule has 0 aliphatic carbocycles. The molecule has 0 aliphatic heterocycles. The van der Waals surface area contributed by atoms with Crippen LogP contribution in [0.5, 0.6) is 0 Å². The zero-order valence-corrected chi connectivity index (χ0v) is 11.8.